The van der Waals surface area contributed by atoms with Crippen molar-refractivity contribution in [3.05, 3.63) is 15.8 Å². The van der Waals surface area contributed by atoms with Gasteiger partial charge in [0.25, 0.3) is 6.43 Å². The molecule has 1 aromatic heterocycles. The lowest BCUT2D eigenvalue weighted by atomic mass is 10.4. The van der Waals surface area contributed by atoms with E-state index in [-0.39, 0.29) is 4.90 Å². The van der Waals surface area contributed by atoms with Crippen LogP contribution < -0.4 is 10.0 Å². The lowest BCUT2D eigenvalue weighted by Crippen LogP contribution is -2.28. The first-order valence-electron chi connectivity index (χ1n) is 5.99. The predicted molar refractivity (Wildman–Crippen MR) is 70.1 cm³/mol. The van der Waals surface area contributed by atoms with Crippen LogP contribution in [0.1, 0.15) is 22.6 Å². The zero-order valence-corrected chi connectivity index (χ0v) is 12.1. The van der Waals surface area contributed by atoms with Gasteiger partial charge in [-0.3, -0.25) is 0 Å². The Bertz CT molecular complexity index is 539. The predicted octanol–water partition coefficient (Wildman–Crippen LogP) is 1.85. The Kier molecular flexibility index (Phi) is 4.54. The number of halogens is 2. The molecule has 2 rings (SSSR count). The van der Waals surface area contributed by atoms with Crippen molar-refractivity contribution in [2.24, 2.45) is 0 Å². The van der Waals surface area contributed by atoms with Crippen molar-refractivity contribution in [2.75, 3.05) is 6.54 Å². The topological polar surface area (TPSA) is 58.2 Å². The maximum Gasteiger partial charge on any atom is 0.251 e. The van der Waals surface area contributed by atoms with Crippen molar-refractivity contribution < 1.29 is 17.2 Å². The van der Waals surface area contributed by atoms with E-state index in [2.05, 4.69) is 5.32 Å². The normalized spacial score (nSPS) is 16.2. The number of hydrogen-bond acceptors (Lipinski definition) is 4. The molecule has 1 aliphatic rings. The number of hydrogen-bond donors (Lipinski definition) is 2. The van der Waals surface area contributed by atoms with Crippen LogP contribution in [0.3, 0.4) is 0 Å². The lowest BCUT2D eigenvalue weighted by molar-refractivity contribution is 0.153. The molecule has 108 valence electrons. The first-order valence-corrected chi connectivity index (χ1v) is 8.29. The largest absolute Gasteiger partial charge is 0.309 e. The van der Waals surface area contributed by atoms with Crippen molar-refractivity contribution in [2.45, 2.75) is 43.7 Å². The molecule has 4 nitrogen and oxygen atoms in total. The summed E-state index contributed by atoms with van der Waals surface area (Å²) in [6, 6.07) is 2.10. The van der Waals surface area contributed by atoms with Crippen molar-refractivity contribution in [3.63, 3.8) is 0 Å². The van der Waals surface area contributed by atoms with Crippen molar-refractivity contribution in [1.29, 1.82) is 0 Å². The monoisotopic (exact) mass is 310 g/mol. The minimum absolute atomic E-state index is 0.103. The molecule has 0 unspecified atom stereocenters. The smallest absolute Gasteiger partial charge is 0.251 e. The molecule has 0 bridgehead atoms. The summed E-state index contributed by atoms with van der Waals surface area (Å²) in [7, 11) is -3.84. The Morgan fingerprint density at radius 2 is 2.16 bits per heavy atom. The molecule has 0 saturated heterocycles. The van der Waals surface area contributed by atoms with Crippen LogP contribution >= 0.6 is 11.3 Å². The van der Waals surface area contributed by atoms with Crippen LogP contribution in [0.15, 0.2) is 11.0 Å². The van der Waals surface area contributed by atoms with Gasteiger partial charge in [-0.2, -0.15) is 0 Å². The lowest BCUT2D eigenvalue weighted by Gasteiger charge is -2.04. The van der Waals surface area contributed by atoms with Gasteiger partial charge >= 0.3 is 0 Å². The maximum atomic E-state index is 12.1. The summed E-state index contributed by atoms with van der Waals surface area (Å²) in [6.45, 7) is 1.45. The highest BCUT2D eigenvalue weighted by molar-refractivity contribution is 7.89. The summed E-state index contributed by atoms with van der Waals surface area (Å²) in [5.74, 6) is 0. The molecule has 19 heavy (non-hydrogen) atoms. The summed E-state index contributed by atoms with van der Waals surface area (Å²) in [4.78, 5) is 1.63. The minimum Gasteiger partial charge on any atom is -0.309 e. The Morgan fingerprint density at radius 1 is 1.47 bits per heavy atom. The third-order valence-corrected chi connectivity index (χ3v) is 5.51. The SMILES string of the molecule is Cc1sc(CNC2CC2)cc1S(=O)(=O)NCC(F)F. The van der Waals surface area contributed by atoms with Crippen LogP contribution in [0.4, 0.5) is 8.78 Å². The van der Waals surface area contributed by atoms with Gasteiger partial charge in [0.05, 0.1) is 11.4 Å². The Labute approximate surface area is 115 Å². The fourth-order valence-corrected chi connectivity index (χ4v) is 4.25. The highest BCUT2D eigenvalue weighted by Gasteiger charge is 2.23. The summed E-state index contributed by atoms with van der Waals surface area (Å²) in [6.07, 6.45) is -0.374. The first-order chi connectivity index (χ1) is 8.88. The van der Waals surface area contributed by atoms with E-state index in [1.807, 2.05) is 4.72 Å². The van der Waals surface area contributed by atoms with E-state index in [4.69, 9.17) is 0 Å². The fraction of sp³-hybridized carbons (Fsp3) is 0.636. The van der Waals surface area contributed by atoms with Gasteiger partial charge in [-0.1, -0.05) is 0 Å². The quantitative estimate of drug-likeness (QED) is 0.808. The van der Waals surface area contributed by atoms with Crippen LogP contribution in [0.2, 0.25) is 0 Å². The van der Waals surface area contributed by atoms with Gasteiger partial charge in [0.1, 0.15) is 0 Å². The van der Waals surface area contributed by atoms with Crippen LogP contribution in [0.5, 0.6) is 0 Å². The Balaban J connectivity index is 2.05. The van der Waals surface area contributed by atoms with Crippen molar-refractivity contribution >= 4 is 21.4 Å². The van der Waals surface area contributed by atoms with Crippen LogP contribution in [-0.2, 0) is 16.6 Å². The summed E-state index contributed by atoms with van der Waals surface area (Å²) < 4.78 is 49.8. The number of aryl methyl sites for hydroxylation is 1. The Hall–Kier alpha value is -0.570. The average Bonchev–Trinajstić information content (AvgIpc) is 3.07. The number of alkyl halides is 2. The standard InChI is InChI=1S/C11H16F2N2O2S2/c1-7-10(19(16,17)15-6-11(12)13)4-9(18-7)5-14-8-2-3-8/h4,8,11,14-15H,2-3,5-6H2,1H3. The van der Waals surface area contributed by atoms with Gasteiger partial charge < -0.3 is 5.32 Å². The van der Waals surface area contributed by atoms with E-state index in [0.717, 1.165) is 17.7 Å². The number of nitrogens with one attached hydrogen (secondary N) is 2. The first kappa shape index (κ1) is 14.8. The van der Waals surface area contributed by atoms with Gasteiger partial charge in [-0.05, 0) is 25.8 Å². The zero-order chi connectivity index (χ0) is 14.0. The van der Waals surface area contributed by atoms with Gasteiger partial charge in [0.15, 0.2) is 0 Å². The maximum absolute atomic E-state index is 12.1. The number of thiophene rings is 1. The molecule has 0 amide bonds. The molecule has 0 atom stereocenters. The van der Waals surface area contributed by atoms with Gasteiger partial charge in [-0.25, -0.2) is 21.9 Å². The Morgan fingerprint density at radius 3 is 2.74 bits per heavy atom. The van der Waals surface area contributed by atoms with Crippen LogP contribution in [-0.4, -0.2) is 27.4 Å². The molecule has 0 aliphatic heterocycles. The van der Waals surface area contributed by atoms with E-state index in [0.29, 0.717) is 17.5 Å². The fourth-order valence-electron chi connectivity index (χ4n) is 1.66. The molecule has 0 aromatic carbocycles. The molecular weight excluding hydrogens is 294 g/mol. The molecule has 1 aromatic rings. The van der Waals surface area contributed by atoms with Crippen LogP contribution in [0, 0.1) is 6.92 Å². The van der Waals surface area contributed by atoms with Crippen molar-refractivity contribution in [3.8, 4) is 0 Å². The molecular formula is C11H16F2N2O2S2. The summed E-state index contributed by atoms with van der Waals surface area (Å²) in [5, 5.41) is 3.29. The second kappa shape index (κ2) is 5.82. The second-order valence-electron chi connectivity index (χ2n) is 4.53. The van der Waals surface area contributed by atoms with Crippen molar-refractivity contribution in [1.82, 2.24) is 10.0 Å². The van der Waals surface area contributed by atoms with E-state index in [1.165, 1.54) is 11.3 Å². The van der Waals surface area contributed by atoms with E-state index in [9.17, 15) is 17.2 Å². The van der Waals surface area contributed by atoms with Crippen LogP contribution in [0.25, 0.3) is 0 Å². The molecule has 1 heterocycles. The molecule has 0 radical (unpaired) electrons. The number of sulfonamides is 1. The molecule has 1 aliphatic carbocycles. The third kappa shape index (κ3) is 4.20. The van der Waals surface area contributed by atoms with Gasteiger partial charge in [0.2, 0.25) is 10.0 Å². The molecule has 0 spiro atoms. The highest BCUT2D eigenvalue weighted by atomic mass is 32.2. The van der Waals surface area contributed by atoms with E-state index >= 15 is 0 Å². The molecule has 1 fully saturated rings. The molecule has 1 saturated carbocycles. The number of rotatable bonds is 7. The zero-order valence-electron chi connectivity index (χ0n) is 10.4. The molecule has 8 heteroatoms. The summed E-state index contributed by atoms with van der Waals surface area (Å²) in [5.41, 5.74) is 0. The third-order valence-electron chi connectivity index (χ3n) is 2.78. The summed E-state index contributed by atoms with van der Waals surface area (Å²) >= 11 is 1.38. The minimum atomic E-state index is -3.84. The van der Waals surface area contributed by atoms with Gasteiger partial charge in [-0.15, -0.1) is 11.3 Å². The van der Waals surface area contributed by atoms with E-state index < -0.39 is 23.0 Å². The van der Waals surface area contributed by atoms with E-state index in [1.54, 1.807) is 13.0 Å². The molecule has 2 N–H and O–H groups in total. The average molecular weight is 310 g/mol. The second-order valence-corrected chi connectivity index (χ2v) is 7.61. The van der Waals surface area contributed by atoms with Gasteiger partial charge in [0, 0.05) is 22.3 Å². The highest BCUT2D eigenvalue weighted by Crippen LogP contribution is 2.27.